The molecule has 8 heteroatoms. The highest BCUT2D eigenvalue weighted by Crippen LogP contribution is 2.23. The molecule has 1 aliphatic heterocycles. The van der Waals surface area contributed by atoms with Crippen molar-refractivity contribution in [3.8, 4) is 0 Å². The Labute approximate surface area is 173 Å². The molecule has 2 aromatic rings. The van der Waals surface area contributed by atoms with E-state index in [2.05, 4.69) is 5.32 Å². The van der Waals surface area contributed by atoms with Crippen LogP contribution in [0.15, 0.2) is 53.4 Å². The molecule has 0 bridgehead atoms. The van der Waals surface area contributed by atoms with Crippen molar-refractivity contribution in [1.82, 2.24) is 10.2 Å². The molecule has 1 amide bonds. The van der Waals surface area contributed by atoms with E-state index >= 15 is 0 Å². The van der Waals surface area contributed by atoms with Gasteiger partial charge in [0.2, 0.25) is 0 Å². The minimum atomic E-state index is -3.75. The number of carbonyl (C=O) groups excluding carboxylic acids is 1. The highest BCUT2D eigenvalue weighted by molar-refractivity contribution is 7.92. The molecule has 28 heavy (non-hydrogen) atoms. The van der Waals surface area contributed by atoms with Gasteiger partial charge < -0.3 is 10.2 Å². The van der Waals surface area contributed by atoms with Crippen molar-refractivity contribution < 1.29 is 13.2 Å². The second-order valence-electron chi connectivity index (χ2n) is 6.73. The van der Waals surface area contributed by atoms with Crippen molar-refractivity contribution in [2.75, 3.05) is 37.5 Å². The Hall–Kier alpha value is -2.09. The number of amides is 1. The van der Waals surface area contributed by atoms with Gasteiger partial charge in [0.1, 0.15) is 0 Å². The van der Waals surface area contributed by atoms with Crippen molar-refractivity contribution in [3.05, 3.63) is 59.7 Å². The number of aryl methyl sites for hydroxylation is 1. The third-order valence-corrected chi connectivity index (χ3v) is 6.55. The van der Waals surface area contributed by atoms with Crippen molar-refractivity contribution in [1.29, 1.82) is 0 Å². The SMILES string of the molecule is Cc1ccc(N(C)S(=O)(=O)c2cccc(C(=O)N3CCCNCC3)c2)cc1.Cl. The largest absolute Gasteiger partial charge is 0.337 e. The Morgan fingerprint density at radius 1 is 1.07 bits per heavy atom. The van der Waals surface area contributed by atoms with E-state index in [1.807, 2.05) is 19.1 Å². The average molecular weight is 424 g/mol. The summed E-state index contributed by atoms with van der Waals surface area (Å²) in [6.07, 6.45) is 0.889. The highest BCUT2D eigenvalue weighted by Gasteiger charge is 2.24. The van der Waals surface area contributed by atoms with Crippen LogP contribution in [-0.4, -0.2) is 52.5 Å². The third-order valence-electron chi connectivity index (χ3n) is 4.76. The van der Waals surface area contributed by atoms with Gasteiger partial charge in [-0.2, -0.15) is 0 Å². The van der Waals surface area contributed by atoms with E-state index in [1.165, 1.54) is 23.5 Å². The van der Waals surface area contributed by atoms with Crippen molar-refractivity contribution >= 4 is 34.0 Å². The predicted molar refractivity (Wildman–Crippen MR) is 114 cm³/mol. The summed E-state index contributed by atoms with van der Waals surface area (Å²) in [7, 11) is -2.23. The van der Waals surface area contributed by atoms with Crippen LogP contribution in [0.4, 0.5) is 5.69 Å². The molecule has 0 atom stereocenters. The van der Waals surface area contributed by atoms with Crippen molar-refractivity contribution in [2.24, 2.45) is 0 Å². The lowest BCUT2D eigenvalue weighted by Gasteiger charge is -2.22. The number of nitrogens with zero attached hydrogens (tertiary/aromatic N) is 2. The second kappa shape index (κ2) is 9.41. The summed E-state index contributed by atoms with van der Waals surface area (Å²) in [4.78, 5) is 14.7. The standard InChI is InChI=1S/C20H25N3O3S.ClH/c1-16-7-9-18(10-8-16)22(2)27(25,26)19-6-3-5-17(15-19)20(24)23-13-4-11-21-12-14-23;/h3,5-10,15,21H,4,11-14H2,1-2H3;1H. The summed E-state index contributed by atoms with van der Waals surface area (Å²) in [5, 5.41) is 3.26. The molecule has 2 aromatic carbocycles. The van der Waals surface area contributed by atoms with E-state index in [1.54, 1.807) is 29.2 Å². The minimum Gasteiger partial charge on any atom is -0.337 e. The van der Waals surface area contributed by atoms with Gasteiger partial charge in [-0.15, -0.1) is 12.4 Å². The molecule has 1 saturated heterocycles. The maximum atomic E-state index is 13.0. The van der Waals surface area contributed by atoms with Gasteiger partial charge in [0, 0.05) is 32.2 Å². The predicted octanol–water partition coefficient (Wildman–Crippen LogP) is 2.68. The third kappa shape index (κ3) is 4.84. The van der Waals surface area contributed by atoms with Crippen LogP contribution in [0.25, 0.3) is 0 Å². The van der Waals surface area contributed by atoms with E-state index in [0.29, 0.717) is 24.3 Å². The van der Waals surface area contributed by atoms with Gasteiger partial charge in [0.25, 0.3) is 15.9 Å². The lowest BCUT2D eigenvalue weighted by atomic mass is 10.2. The number of benzene rings is 2. The Balaban J connectivity index is 0.00000280. The lowest BCUT2D eigenvalue weighted by Crippen LogP contribution is -2.34. The summed E-state index contributed by atoms with van der Waals surface area (Å²) < 4.78 is 27.3. The molecule has 0 aromatic heterocycles. The molecule has 6 nitrogen and oxygen atoms in total. The van der Waals surface area contributed by atoms with E-state index in [4.69, 9.17) is 0 Å². The van der Waals surface area contributed by atoms with E-state index in [9.17, 15) is 13.2 Å². The van der Waals surface area contributed by atoms with Gasteiger partial charge in [-0.3, -0.25) is 9.10 Å². The molecular formula is C20H26ClN3O3S. The molecule has 1 N–H and O–H groups in total. The van der Waals surface area contributed by atoms with Crippen LogP contribution in [-0.2, 0) is 10.0 Å². The Bertz CT molecular complexity index is 909. The topological polar surface area (TPSA) is 69.7 Å². The fraction of sp³-hybridized carbons (Fsp3) is 0.350. The molecular weight excluding hydrogens is 398 g/mol. The van der Waals surface area contributed by atoms with Crippen LogP contribution in [0.2, 0.25) is 0 Å². The van der Waals surface area contributed by atoms with Gasteiger partial charge in [0.05, 0.1) is 10.6 Å². The Kier molecular flexibility index (Phi) is 7.46. The van der Waals surface area contributed by atoms with Gasteiger partial charge in [-0.1, -0.05) is 23.8 Å². The van der Waals surface area contributed by atoms with Gasteiger partial charge in [-0.05, 0) is 50.2 Å². The number of hydrogen-bond donors (Lipinski definition) is 1. The number of rotatable bonds is 4. The van der Waals surface area contributed by atoms with Gasteiger partial charge in [0.15, 0.2) is 0 Å². The van der Waals surface area contributed by atoms with E-state index in [-0.39, 0.29) is 23.2 Å². The zero-order valence-electron chi connectivity index (χ0n) is 16.1. The van der Waals surface area contributed by atoms with E-state index in [0.717, 1.165) is 25.1 Å². The van der Waals surface area contributed by atoms with Crippen LogP contribution < -0.4 is 9.62 Å². The van der Waals surface area contributed by atoms with Gasteiger partial charge >= 0.3 is 0 Å². The quantitative estimate of drug-likeness (QED) is 0.820. The smallest absolute Gasteiger partial charge is 0.264 e. The first-order chi connectivity index (χ1) is 12.9. The summed E-state index contributed by atoms with van der Waals surface area (Å²) >= 11 is 0. The van der Waals surface area contributed by atoms with Crippen LogP contribution in [0.5, 0.6) is 0 Å². The molecule has 0 unspecified atom stereocenters. The Morgan fingerprint density at radius 2 is 1.79 bits per heavy atom. The number of nitrogens with one attached hydrogen (secondary N) is 1. The monoisotopic (exact) mass is 423 g/mol. The molecule has 0 aliphatic carbocycles. The maximum Gasteiger partial charge on any atom is 0.264 e. The van der Waals surface area contributed by atoms with E-state index < -0.39 is 10.0 Å². The van der Waals surface area contributed by atoms with Crippen LogP contribution in [0.3, 0.4) is 0 Å². The first-order valence-electron chi connectivity index (χ1n) is 9.05. The lowest BCUT2D eigenvalue weighted by molar-refractivity contribution is 0.0766. The number of sulfonamides is 1. The highest BCUT2D eigenvalue weighted by atomic mass is 35.5. The second-order valence-corrected chi connectivity index (χ2v) is 8.70. The molecule has 1 aliphatic rings. The molecule has 0 saturated carbocycles. The number of anilines is 1. The summed E-state index contributed by atoms with van der Waals surface area (Å²) in [6.45, 7) is 4.89. The summed E-state index contributed by atoms with van der Waals surface area (Å²) in [5.74, 6) is -0.131. The Morgan fingerprint density at radius 3 is 2.50 bits per heavy atom. The zero-order chi connectivity index (χ0) is 19.4. The van der Waals surface area contributed by atoms with Crippen LogP contribution >= 0.6 is 12.4 Å². The normalized spacial score (nSPS) is 14.7. The first-order valence-corrected chi connectivity index (χ1v) is 10.5. The van der Waals surface area contributed by atoms with Crippen molar-refractivity contribution in [3.63, 3.8) is 0 Å². The molecule has 152 valence electrons. The molecule has 0 radical (unpaired) electrons. The average Bonchev–Trinajstić information content (AvgIpc) is 2.97. The fourth-order valence-corrected chi connectivity index (χ4v) is 4.31. The molecule has 3 rings (SSSR count). The minimum absolute atomic E-state index is 0. The fourth-order valence-electron chi connectivity index (χ4n) is 3.07. The summed E-state index contributed by atoms with van der Waals surface area (Å²) in [6, 6.07) is 13.6. The number of halogens is 1. The first kappa shape index (κ1) is 22.2. The molecule has 1 fully saturated rings. The molecule has 0 spiro atoms. The van der Waals surface area contributed by atoms with Crippen LogP contribution in [0.1, 0.15) is 22.3 Å². The van der Waals surface area contributed by atoms with Crippen LogP contribution in [0, 0.1) is 6.92 Å². The maximum absolute atomic E-state index is 13.0. The zero-order valence-corrected chi connectivity index (χ0v) is 17.7. The summed E-state index contributed by atoms with van der Waals surface area (Å²) in [5.41, 5.74) is 2.04. The number of hydrogen-bond acceptors (Lipinski definition) is 4. The van der Waals surface area contributed by atoms with Crippen molar-refractivity contribution in [2.45, 2.75) is 18.2 Å². The van der Waals surface area contributed by atoms with Gasteiger partial charge in [-0.25, -0.2) is 8.42 Å². The number of carbonyl (C=O) groups is 1. The molecule has 1 heterocycles.